The molecule has 0 unspecified atom stereocenters. The highest BCUT2D eigenvalue weighted by Gasteiger charge is 2.29. The number of carbonyl (C=O) groups excluding carboxylic acids is 1. The molecule has 6 heteroatoms. The fourth-order valence-electron chi connectivity index (χ4n) is 1.69. The molecule has 0 spiro atoms. The fourth-order valence-corrected chi connectivity index (χ4v) is 1.79. The number of nitrogens with one attached hydrogen (secondary N) is 1. The molecule has 0 saturated carbocycles. The average Bonchev–Trinajstić information content (AvgIpc) is 2.68. The van der Waals surface area contributed by atoms with E-state index in [1.807, 2.05) is 18.2 Å². The maximum atomic E-state index is 12.1. The van der Waals surface area contributed by atoms with E-state index in [2.05, 4.69) is 43.0 Å². The van der Waals surface area contributed by atoms with Crippen LogP contribution >= 0.6 is 15.9 Å². The normalized spacial score (nSPS) is 17.4. The van der Waals surface area contributed by atoms with Crippen molar-refractivity contribution in [3.8, 4) is 0 Å². The third kappa shape index (κ3) is 2.68. The van der Waals surface area contributed by atoms with Crippen molar-refractivity contribution in [1.29, 1.82) is 0 Å². The van der Waals surface area contributed by atoms with Gasteiger partial charge in [0.1, 0.15) is 12.1 Å². The lowest BCUT2D eigenvalue weighted by molar-refractivity contribution is 0.107. The van der Waals surface area contributed by atoms with Gasteiger partial charge in [-0.3, -0.25) is 15.2 Å². The van der Waals surface area contributed by atoms with Crippen molar-refractivity contribution in [3.63, 3.8) is 0 Å². The number of fused-ring (bicyclic) bond motifs is 1. The number of aliphatic imine (C=N–C) groups is 2. The van der Waals surface area contributed by atoms with Crippen LogP contribution < -0.4 is 5.43 Å². The molecule has 0 bridgehead atoms. The maximum Gasteiger partial charge on any atom is 0.212 e. The molecule has 96 valence electrons. The van der Waals surface area contributed by atoms with Crippen LogP contribution in [0, 0.1) is 0 Å². The minimum Gasteiger partial charge on any atom is -0.287 e. The van der Waals surface area contributed by atoms with Gasteiger partial charge in [0, 0.05) is 18.2 Å². The minimum atomic E-state index is -0.129. The van der Waals surface area contributed by atoms with Gasteiger partial charge in [-0.05, 0) is 21.5 Å². The smallest absolute Gasteiger partial charge is 0.212 e. The first-order valence-electron chi connectivity index (χ1n) is 5.46. The van der Waals surface area contributed by atoms with E-state index in [4.69, 9.17) is 0 Å². The molecule has 19 heavy (non-hydrogen) atoms. The molecule has 0 heterocycles. The van der Waals surface area contributed by atoms with Gasteiger partial charge in [-0.1, -0.05) is 30.8 Å². The van der Waals surface area contributed by atoms with Gasteiger partial charge in [0.15, 0.2) is 4.74 Å². The molecule has 1 aliphatic carbocycles. The summed E-state index contributed by atoms with van der Waals surface area (Å²) in [4.78, 5) is 19.9. The van der Waals surface area contributed by atoms with Gasteiger partial charge < -0.3 is 0 Å². The molecule has 1 aromatic carbocycles. The Morgan fingerprint density at radius 3 is 2.68 bits per heavy atom. The van der Waals surface area contributed by atoms with Gasteiger partial charge in [-0.15, -0.1) is 0 Å². The highest BCUT2D eigenvalue weighted by Crippen LogP contribution is 2.28. The number of hydrogen-bond acceptors (Lipinski definition) is 3. The molecule has 0 aliphatic heterocycles. The van der Waals surface area contributed by atoms with Crippen LogP contribution in [-0.4, -0.2) is 29.6 Å². The molecule has 5 nitrogen and oxygen atoms in total. The summed E-state index contributed by atoms with van der Waals surface area (Å²) in [6, 6.07) is 7.30. The third-order valence-electron chi connectivity index (χ3n) is 2.60. The number of Topliss-reactive ketones (excluding diaryl/α,β-unsaturated/α-hetero) is 1. The zero-order chi connectivity index (χ0) is 13.8. The topological polar surface area (TPSA) is 66.2 Å². The predicted molar refractivity (Wildman–Crippen MR) is 81.2 cm³/mol. The molecular formula is C13H11BrN4O. The first-order chi connectivity index (χ1) is 9.15. The summed E-state index contributed by atoms with van der Waals surface area (Å²) >= 11 is 3.13. The Morgan fingerprint density at radius 1 is 1.37 bits per heavy atom. The SMILES string of the molecule is C=C1C(=N/C=N/NC(Br)=NC)C(=O)c2ccccc21. The number of benzene rings is 1. The lowest BCUT2D eigenvalue weighted by atomic mass is 10.1. The zero-order valence-corrected chi connectivity index (χ0v) is 11.8. The monoisotopic (exact) mass is 318 g/mol. The molecule has 0 atom stereocenters. The second-order valence-corrected chi connectivity index (χ2v) is 4.45. The summed E-state index contributed by atoms with van der Waals surface area (Å²) < 4.78 is 0.476. The summed E-state index contributed by atoms with van der Waals surface area (Å²) in [7, 11) is 1.61. The van der Waals surface area contributed by atoms with Crippen molar-refractivity contribution in [2.24, 2.45) is 15.1 Å². The molecule has 0 saturated heterocycles. The standard InChI is InChI=1S/C13H11BrN4O/c1-8-9-5-3-4-6-10(9)12(19)11(8)16-7-17-18-13(14)15-2/h3-7H,1H2,2H3,(H,15,18)/b16-11?,17-7+. The Balaban J connectivity index is 2.20. The molecule has 0 fully saturated rings. The number of allylic oxidation sites excluding steroid dienone is 1. The van der Waals surface area contributed by atoms with E-state index in [1.165, 1.54) is 6.34 Å². The van der Waals surface area contributed by atoms with Crippen molar-refractivity contribution >= 4 is 44.1 Å². The quantitative estimate of drug-likeness (QED) is 0.393. The van der Waals surface area contributed by atoms with Crippen molar-refractivity contribution < 1.29 is 4.79 Å². The Labute approximate surface area is 119 Å². The van der Waals surface area contributed by atoms with E-state index >= 15 is 0 Å². The fraction of sp³-hybridized carbons (Fsp3) is 0.0769. The Morgan fingerprint density at radius 2 is 2.05 bits per heavy atom. The first-order valence-corrected chi connectivity index (χ1v) is 6.25. The zero-order valence-electron chi connectivity index (χ0n) is 10.2. The lowest BCUT2D eigenvalue weighted by Crippen LogP contribution is -2.11. The summed E-state index contributed by atoms with van der Waals surface area (Å²) in [5.41, 5.74) is 4.98. The van der Waals surface area contributed by atoms with Crippen molar-refractivity contribution in [2.45, 2.75) is 0 Å². The maximum absolute atomic E-state index is 12.1. The Bertz CT molecular complexity index is 594. The van der Waals surface area contributed by atoms with E-state index in [9.17, 15) is 4.79 Å². The molecular weight excluding hydrogens is 308 g/mol. The third-order valence-corrected chi connectivity index (χ3v) is 3.13. The highest BCUT2D eigenvalue weighted by molar-refractivity contribution is 9.18. The first kappa shape index (κ1) is 13.4. The predicted octanol–water partition coefficient (Wildman–Crippen LogP) is 2.25. The summed E-state index contributed by atoms with van der Waals surface area (Å²) in [5.74, 6) is -0.129. The molecule has 1 aliphatic rings. The van der Waals surface area contributed by atoms with E-state index in [1.54, 1.807) is 13.1 Å². The number of hydrogen-bond donors (Lipinski definition) is 1. The van der Waals surface area contributed by atoms with Gasteiger partial charge in [-0.2, -0.15) is 5.10 Å². The Hall–Kier alpha value is -2.08. The highest BCUT2D eigenvalue weighted by atomic mass is 79.9. The van der Waals surface area contributed by atoms with Crippen LogP contribution in [0.25, 0.3) is 5.57 Å². The molecule has 1 aromatic rings. The van der Waals surface area contributed by atoms with Gasteiger partial charge in [0.25, 0.3) is 0 Å². The number of ketones is 1. The van der Waals surface area contributed by atoms with Crippen LogP contribution in [0.15, 0.2) is 45.9 Å². The van der Waals surface area contributed by atoms with Gasteiger partial charge >= 0.3 is 0 Å². The van der Waals surface area contributed by atoms with Crippen LogP contribution in [0.3, 0.4) is 0 Å². The van der Waals surface area contributed by atoms with Gasteiger partial charge in [0.05, 0.1) is 0 Å². The van der Waals surface area contributed by atoms with E-state index in [-0.39, 0.29) is 5.78 Å². The number of carbonyl (C=O) groups is 1. The number of hydrazone groups is 1. The molecule has 0 radical (unpaired) electrons. The van der Waals surface area contributed by atoms with E-state index in [0.717, 1.165) is 5.56 Å². The number of halogens is 1. The van der Waals surface area contributed by atoms with Crippen molar-refractivity contribution in [2.75, 3.05) is 7.05 Å². The van der Waals surface area contributed by atoms with Crippen LogP contribution in [0.4, 0.5) is 0 Å². The van der Waals surface area contributed by atoms with E-state index < -0.39 is 0 Å². The second-order valence-electron chi connectivity index (χ2n) is 3.70. The van der Waals surface area contributed by atoms with Crippen LogP contribution in [-0.2, 0) is 0 Å². The summed E-state index contributed by atoms with van der Waals surface area (Å²) in [5, 5.41) is 3.80. The second kappa shape index (κ2) is 5.71. The molecule has 1 N–H and O–H groups in total. The van der Waals surface area contributed by atoms with Crippen LogP contribution in [0.2, 0.25) is 0 Å². The molecule has 0 amide bonds. The van der Waals surface area contributed by atoms with Crippen molar-refractivity contribution in [1.82, 2.24) is 5.43 Å². The minimum absolute atomic E-state index is 0.129. The molecule has 2 rings (SSSR count). The van der Waals surface area contributed by atoms with Crippen LogP contribution in [0.5, 0.6) is 0 Å². The summed E-state index contributed by atoms with van der Waals surface area (Å²) in [6.07, 6.45) is 1.26. The van der Waals surface area contributed by atoms with Crippen LogP contribution in [0.1, 0.15) is 15.9 Å². The Kier molecular flexibility index (Phi) is 4.01. The number of amidine groups is 1. The number of nitrogens with zero attached hydrogens (tertiary/aromatic N) is 3. The summed E-state index contributed by atoms with van der Waals surface area (Å²) in [6.45, 7) is 3.89. The van der Waals surface area contributed by atoms with Gasteiger partial charge in [0.2, 0.25) is 5.78 Å². The lowest BCUT2D eigenvalue weighted by Gasteiger charge is -1.95. The van der Waals surface area contributed by atoms with Gasteiger partial charge in [-0.25, -0.2) is 4.99 Å². The average molecular weight is 319 g/mol. The number of rotatable bonds is 2. The molecule has 0 aromatic heterocycles. The van der Waals surface area contributed by atoms with Crippen molar-refractivity contribution in [3.05, 3.63) is 42.0 Å². The largest absolute Gasteiger partial charge is 0.287 e. The van der Waals surface area contributed by atoms with E-state index in [0.29, 0.717) is 21.6 Å².